The fourth-order valence-corrected chi connectivity index (χ4v) is 9.28. The van der Waals surface area contributed by atoms with E-state index < -0.39 is 0 Å². The minimum Gasteiger partial charge on any atom is -0.307 e. The molecule has 0 radical (unpaired) electrons. The van der Waals surface area contributed by atoms with E-state index in [-0.39, 0.29) is 0 Å². The van der Waals surface area contributed by atoms with Crippen LogP contribution in [0.2, 0.25) is 0 Å². The Bertz CT molecular complexity index is 3560. The van der Waals surface area contributed by atoms with Crippen LogP contribution in [0.3, 0.4) is 0 Å². The Kier molecular flexibility index (Phi) is 8.13. The van der Waals surface area contributed by atoms with Gasteiger partial charge in [-0.05, 0) is 44.8 Å². The van der Waals surface area contributed by atoms with Gasteiger partial charge in [-0.3, -0.25) is 0 Å². The van der Waals surface area contributed by atoms with Crippen molar-refractivity contribution < 1.29 is 0 Å². The quantitative estimate of drug-likeness (QED) is 0.169. The fourth-order valence-electron chi connectivity index (χ4n) is 9.28. The SMILES string of the molecule is c1ccc(-c2nc(-c3ccccc3)nc(-c3c(-c4ccccc4)c(-c4ccccc4)c(-n4c5cc6ccccc6cc5c5ccc6ccccc6c54)c4ccccc34)n2)cc1. The van der Waals surface area contributed by atoms with E-state index in [9.17, 15) is 0 Å². The monoisotopic (exact) mass is 776 g/mol. The van der Waals surface area contributed by atoms with Gasteiger partial charge in [0.25, 0.3) is 0 Å². The number of aromatic nitrogens is 4. The van der Waals surface area contributed by atoms with Crippen molar-refractivity contribution in [3.8, 4) is 62.1 Å². The highest BCUT2D eigenvalue weighted by Gasteiger charge is 2.28. The zero-order valence-electron chi connectivity index (χ0n) is 33.1. The van der Waals surface area contributed by atoms with Crippen LogP contribution in [0.5, 0.6) is 0 Å². The van der Waals surface area contributed by atoms with Gasteiger partial charge >= 0.3 is 0 Å². The van der Waals surface area contributed by atoms with Crippen LogP contribution in [0, 0.1) is 0 Å². The van der Waals surface area contributed by atoms with Crippen LogP contribution in [0.4, 0.5) is 0 Å². The molecule has 0 aliphatic carbocycles. The van der Waals surface area contributed by atoms with Crippen molar-refractivity contribution in [2.45, 2.75) is 0 Å². The molecule has 12 aromatic rings. The number of hydrogen-bond donors (Lipinski definition) is 0. The number of benzene rings is 10. The molecule has 284 valence electrons. The van der Waals surface area contributed by atoms with Gasteiger partial charge in [-0.15, -0.1) is 0 Å². The Hall–Kier alpha value is -8.21. The zero-order valence-corrected chi connectivity index (χ0v) is 33.1. The summed E-state index contributed by atoms with van der Waals surface area (Å²) in [5, 5.41) is 9.38. The van der Waals surface area contributed by atoms with Crippen LogP contribution >= 0.6 is 0 Å². The predicted octanol–water partition coefficient (Wildman–Crippen LogP) is 14.8. The fraction of sp³-hybridized carbons (Fsp3) is 0. The molecule has 0 bridgehead atoms. The Morgan fingerprint density at radius 1 is 0.279 bits per heavy atom. The lowest BCUT2D eigenvalue weighted by molar-refractivity contribution is 1.08. The maximum absolute atomic E-state index is 5.41. The summed E-state index contributed by atoms with van der Waals surface area (Å²) in [6.45, 7) is 0. The largest absolute Gasteiger partial charge is 0.307 e. The second-order valence-electron chi connectivity index (χ2n) is 15.5. The highest BCUT2D eigenvalue weighted by Crippen LogP contribution is 2.51. The van der Waals surface area contributed by atoms with Crippen LogP contribution < -0.4 is 0 Å². The van der Waals surface area contributed by atoms with Crippen molar-refractivity contribution in [1.29, 1.82) is 0 Å². The van der Waals surface area contributed by atoms with Gasteiger partial charge < -0.3 is 4.57 Å². The Morgan fingerprint density at radius 2 is 0.738 bits per heavy atom. The van der Waals surface area contributed by atoms with Crippen molar-refractivity contribution in [3.05, 3.63) is 218 Å². The van der Waals surface area contributed by atoms with Gasteiger partial charge in [0.2, 0.25) is 0 Å². The molecule has 4 heteroatoms. The molecule has 0 aliphatic rings. The molecule has 0 aliphatic heterocycles. The Balaban J connectivity index is 1.32. The van der Waals surface area contributed by atoms with Gasteiger partial charge in [0.15, 0.2) is 17.5 Å². The Morgan fingerprint density at radius 3 is 1.34 bits per heavy atom. The van der Waals surface area contributed by atoms with E-state index in [0.29, 0.717) is 17.5 Å². The maximum Gasteiger partial charge on any atom is 0.165 e. The lowest BCUT2D eigenvalue weighted by atomic mass is 9.84. The summed E-state index contributed by atoms with van der Waals surface area (Å²) in [6.07, 6.45) is 0. The molecule has 0 amide bonds. The van der Waals surface area contributed by atoms with Crippen LogP contribution in [-0.4, -0.2) is 19.5 Å². The summed E-state index contributed by atoms with van der Waals surface area (Å²) in [5.74, 6) is 1.86. The smallest absolute Gasteiger partial charge is 0.165 e. The van der Waals surface area contributed by atoms with Crippen molar-refractivity contribution >= 4 is 54.1 Å². The third-order valence-electron chi connectivity index (χ3n) is 12.0. The summed E-state index contributed by atoms with van der Waals surface area (Å²) in [6, 6.07) is 77.7. The van der Waals surface area contributed by atoms with Gasteiger partial charge in [-0.2, -0.15) is 0 Å². The number of hydrogen-bond acceptors (Lipinski definition) is 3. The molecule has 0 saturated heterocycles. The van der Waals surface area contributed by atoms with Gasteiger partial charge in [0, 0.05) is 49.4 Å². The molecule has 0 N–H and O–H groups in total. The summed E-state index contributed by atoms with van der Waals surface area (Å²) in [5.41, 5.74) is 10.6. The number of fused-ring (bicyclic) bond motifs is 7. The third-order valence-corrected chi connectivity index (χ3v) is 12.0. The zero-order chi connectivity index (χ0) is 40.3. The second kappa shape index (κ2) is 14.3. The summed E-state index contributed by atoms with van der Waals surface area (Å²) >= 11 is 0. The number of rotatable bonds is 6. The van der Waals surface area contributed by atoms with Crippen molar-refractivity contribution in [2.75, 3.05) is 0 Å². The molecule has 12 rings (SSSR count). The highest BCUT2D eigenvalue weighted by atomic mass is 15.0. The van der Waals surface area contributed by atoms with Crippen LogP contribution in [0.1, 0.15) is 0 Å². The molecule has 0 atom stereocenters. The average Bonchev–Trinajstić information content (AvgIpc) is 3.66. The average molecular weight is 777 g/mol. The molecule has 2 heterocycles. The molecule has 0 spiro atoms. The van der Waals surface area contributed by atoms with Crippen molar-refractivity contribution in [1.82, 2.24) is 19.5 Å². The standard InChI is InChI=1S/C57H36N4/c1-5-20-38(21-6-1)50-51(39-22-7-2-8-23-39)54(61-49-36-43-29-14-13-28-42(43)35-48(49)47-34-33-37-19-15-16-30-44(37)53(47)61)46-32-18-17-31-45(46)52(50)57-59-55(40-24-9-3-10-25-40)58-56(60-57)41-26-11-4-12-27-41/h1-36H. The van der Waals surface area contributed by atoms with E-state index >= 15 is 0 Å². The Labute approximate surface area is 352 Å². The molecule has 0 unspecified atom stereocenters. The predicted molar refractivity (Wildman–Crippen MR) is 254 cm³/mol. The molecule has 2 aromatic heterocycles. The lowest BCUT2D eigenvalue weighted by Gasteiger charge is -2.25. The van der Waals surface area contributed by atoms with E-state index in [2.05, 4.69) is 187 Å². The molecule has 61 heavy (non-hydrogen) atoms. The summed E-state index contributed by atoms with van der Waals surface area (Å²) in [4.78, 5) is 15.9. The maximum atomic E-state index is 5.41. The molecule has 0 saturated carbocycles. The lowest BCUT2D eigenvalue weighted by Crippen LogP contribution is -2.06. The first-order valence-corrected chi connectivity index (χ1v) is 20.7. The summed E-state index contributed by atoms with van der Waals surface area (Å²) < 4.78 is 2.55. The van der Waals surface area contributed by atoms with Crippen molar-refractivity contribution in [2.24, 2.45) is 0 Å². The van der Waals surface area contributed by atoms with Gasteiger partial charge in [-0.25, -0.2) is 15.0 Å². The van der Waals surface area contributed by atoms with Crippen molar-refractivity contribution in [3.63, 3.8) is 0 Å². The normalized spacial score (nSPS) is 11.6. The van der Waals surface area contributed by atoms with Crippen LogP contribution in [0.15, 0.2) is 218 Å². The topological polar surface area (TPSA) is 43.6 Å². The highest BCUT2D eigenvalue weighted by molar-refractivity contribution is 6.23. The molecule has 4 nitrogen and oxygen atoms in total. The molecular formula is C57H36N4. The van der Waals surface area contributed by atoms with Crippen LogP contribution in [-0.2, 0) is 0 Å². The number of nitrogens with zero attached hydrogens (tertiary/aromatic N) is 4. The van der Waals surface area contributed by atoms with Gasteiger partial charge in [-0.1, -0.05) is 206 Å². The van der Waals surface area contributed by atoms with E-state index in [1.165, 1.54) is 37.8 Å². The van der Waals surface area contributed by atoms with E-state index in [1.807, 2.05) is 36.4 Å². The molecule has 0 fully saturated rings. The first-order valence-electron chi connectivity index (χ1n) is 20.7. The van der Waals surface area contributed by atoms with E-state index in [1.54, 1.807) is 0 Å². The second-order valence-corrected chi connectivity index (χ2v) is 15.5. The van der Waals surface area contributed by atoms with E-state index in [4.69, 9.17) is 15.0 Å². The first kappa shape index (κ1) is 34.8. The third kappa shape index (κ3) is 5.72. The first-order chi connectivity index (χ1) is 30.3. The molecule has 10 aromatic carbocycles. The minimum atomic E-state index is 0.616. The van der Waals surface area contributed by atoms with Gasteiger partial charge in [0.1, 0.15) is 0 Å². The molecular weight excluding hydrogens is 741 g/mol. The van der Waals surface area contributed by atoms with Crippen LogP contribution in [0.25, 0.3) is 116 Å². The van der Waals surface area contributed by atoms with Gasteiger partial charge in [0.05, 0.1) is 16.7 Å². The summed E-state index contributed by atoms with van der Waals surface area (Å²) in [7, 11) is 0. The van der Waals surface area contributed by atoms with E-state index in [0.717, 1.165) is 60.9 Å². The minimum absolute atomic E-state index is 0.616.